The Morgan fingerprint density at radius 2 is 2.00 bits per heavy atom. The van der Waals surface area contributed by atoms with Gasteiger partial charge < -0.3 is 15.2 Å². The van der Waals surface area contributed by atoms with Crippen molar-refractivity contribution in [2.45, 2.75) is 42.9 Å². The molecule has 0 aromatic heterocycles. The van der Waals surface area contributed by atoms with Gasteiger partial charge in [-0.25, -0.2) is 0 Å². The Kier molecular flexibility index (Phi) is 4.78. The van der Waals surface area contributed by atoms with E-state index < -0.39 is 0 Å². The van der Waals surface area contributed by atoms with Crippen molar-refractivity contribution >= 4 is 11.8 Å². The van der Waals surface area contributed by atoms with Crippen LogP contribution in [0, 0.1) is 0 Å². The zero-order chi connectivity index (χ0) is 13.0. The molecule has 0 saturated carbocycles. The van der Waals surface area contributed by atoms with Crippen molar-refractivity contribution in [1.82, 2.24) is 0 Å². The van der Waals surface area contributed by atoms with Crippen molar-refractivity contribution in [3.05, 3.63) is 18.2 Å². The van der Waals surface area contributed by atoms with E-state index >= 15 is 0 Å². The molecule has 1 aromatic carbocycles. The molecular weight excluding hydrogens is 246 g/mol. The van der Waals surface area contributed by atoms with Gasteiger partial charge in [0.25, 0.3) is 0 Å². The number of hydrogen-bond donors (Lipinski definition) is 1. The van der Waals surface area contributed by atoms with Crippen LogP contribution in [0.3, 0.4) is 0 Å². The monoisotopic (exact) mass is 267 g/mol. The summed E-state index contributed by atoms with van der Waals surface area (Å²) in [5.41, 5.74) is 6.05. The van der Waals surface area contributed by atoms with Gasteiger partial charge in [-0.15, -0.1) is 11.8 Å². The topological polar surface area (TPSA) is 44.5 Å². The molecule has 1 aliphatic rings. The Balaban J connectivity index is 2.08. The van der Waals surface area contributed by atoms with Crippen LogP contribution < -0.4 is 15.2 Å². The van der Waals surface area contributed by atoms with Gasteiger partial charge in [0.05, 0.1) is 13.2 Å². The van der Waals surface area contributed by atoms with Gasteiger partial charge in [-0.2, -0.15) is 0 Å². The number of rotatable bonds is 4. The molecule has 3 nitrogen and oxygen atoms in total. The summed E-state index contributed by atoms with van der Waals surface area (Å²) >= 11 is 1.80. The molecule has 18 heavy (non-hydrogen) atoms. The maximum Gasteiger partial charge on any atom is 0.162 e. The first-order chi connectivity index (χ1) is 8.70. The number of benzene rings is 1. The molecule has 4 heteroatoms. The molecule has 2 unspecified atom stereocenters. The largest absolute Gasteiger partial charge is 0.490 e. The highest BCUT2D eigenvalue weighted by Crippen LogP contribution is 2.35. The average Bonchev–Trinajstić information content (AvgIpc) is 2.62. The number of thioether (sulfide) groups is 1. The zero-order valence-electron chi connectivity index (χ0n) is 11.0. The second kappa shape index (κ2) is 6.34. The van der Waals surface area contributed by atoms with E-state index in [1.165, 1.54) is 4.90 Å². The first kappa shape index (κ1) is 13.6. The van der Waals surface area contributed by atoms with Gasteiger partial charge in [0.2, 0.25) is 0 Å². The number of fused-ring (bicyclic) bond motifs is 1. The molecule has 100 valence electrons. The van der Waals surface area contributed by atoms with Crippen LogP contribution in [0.25, 0.3) is 0 Å². The van der Waals surface area contributed by atoms with E-state index in [0.29, 0.717) is 5.25 Å². The molecular formula is C14H21NO2S. The molecule has 0 aliphatic carbocycles. The zero-order valence-corrected chi connectivity index (χ0v) is 11.8. The third-order valence-electron chi connectivity index (χ3n) is 3.12. The highest BCUT2D eigenvalue weighted by Gasteiger charge is 2.15. The second-order valence-electron chi connectivity index (χ2n) is 4.55. The molecule has 0 bridgehead atoms. The highest BCUT2D eigenvalue weighted by molar-refractivity contribution is 8.00. The lowest BCUT2D eigenvalue weighted by Crippen LogP contribution is -2.29. The standard InChI is InChI=1S/C14H21NO2S/c1-3-12(15)10(2)18-11-5-6-13-14(9-11)17-8-4-7-16-13/h5-6,9-10,12H,3-4,7-8,15H2,1-2H3. The second-order valence-corrected chi connectivity index (χ2v) is 6.00. The number of hydrogen-bond acceptors (Lipinski definition) is 4. The Morgan fingerprint density at radius 3 is 2.72 bits per heavy atom. The third kappa shape index (κ3) is 3.33. The summed E-state index contributed by atoms with van der Waals surface area (Å²) in [7, 11) is 0. The summed E-state index contributed by atoms with van der Waals surface area (Å²) in [5.74, 6) is 1.71. The van der Waals surface area contributed by atoms with E-state index in [2.05, 4.69) is 26.0 Å². The van der Waals surface area contributed by atoms with E-state index in [1.807, 2.05) is 6.07 Å². The molecule has 1 heterocycles. The highest BCUT2D eigenvalue weighted by atomic mass is 32.2. The maximum atomic E-state index is 6.05. The molecule has 0 amide bonds. The van der Waals surface area contributed by atoms with E-state index in [-0.39, 0.29) is 6.04 Å². The fourth-order valence-corrected chi connectivity index (χ4v) is 2.97. The molecule has 0 spiro atoms. The van der Waals surface area contributed by atoms with Crippen LogP contribution in [-0.2, 0) is 0 Å². The summed E-state index contributed by atoms with van der Waals surface area (Å²) in [6, 6.07) is 6.36. The van der Waals surface area contributed by atoms with Crippen LogP contribution in [0.5, 0.6) is 11.5 Å². The van der Waals surface area contributed by atoms with Gasteiger partial charge >= 0.3 is 0 Å². The molecule has 0 saturated heterocycles. The van der Waals surface area contributed by atoms with Crippen molar-refractivity contribution in [2.75, 3.05) is 13.2 Å². The lowest BCUT2D eigenvalue weighted by Gasteiger charge is -2.18. The maximum absolute atomic E-state index is 6.05. The fraction of sp³-hybridized carbons (Fsp3) is 0.571. The molecule has 1 aromatic rings. The van der Waals surface area contributed by atoms with Gasteiger partial charge in [-0.05, 0) is 24.6 Å². The molecule has 2 N–H and O–H groups in total. The van der Waals surface area contributed by atoms with Crippen molar-refractivity contribution < 1.29 is 9.47 Å². The normalized spacial score (nSPS) is 17.9. The predicted molar refractivity (Wildman–Crippen MR) is 75.6 cm³/mol. The van der Waals surface area contributed by atoms with Crippen LogP contribution in [0.15, 0.2) is 23.1 Å². The van der Waals surface area contributed by atoms with E-state index in [1.54, 1.807) is 11.8 Å². The molecule has 2 rings (SSSR count). The quantitative estimate of drug-likeness (QED) is 0.852. The van der Waals surface area contributed by atoms with Crippen molar-refractivity contribution in [3.8, 4) is 11.5 Å². The van der Waals surface area contributed by atoms with Gasteiger partial charge in [0.1, 0.15) is 0 Å². The van der Waals surface area contributed by atoms with Crippen LogP contribution in [0.4, 0.5) is 0 Å². The summed E-state index contributed by atoms with van der Waals surface area (Å²) in [6.45, 7) is 5.75. The van der Waals surface area contributed by atoms with Gasteiger partial charge in [0.15, 0.2) is 11.5 Å². The first-order valence-electron chi connectivity index (χ1n) is 6.52. The van der Waals surface area contributed by atoms with Gasteiger partial charge in [0, 0.05) is 22.6 Å². The number of nitrogens with two attached hydrogens (primary N) is 1. The minimum Gasteiger partial charge on any atom is -0.490 e. The fourth-order valence-electron chi connectivity index (χ4n) is 1.85. The van der Waals surface area contributed by atoms with E-state index in [9.17, 15) is 0 Å². The lowest BCUT2D eigenvalue weighted by atomic mass is 10.2. The van der Waals surface area contributed by atoms with Crippen LogP contribution in [0.1, 0.15) is 26.7 Å². The van der Waals surface area contributed by atoms with E-state index in [4.69, 9.17) is 15.2 Å². The Hall–Kier alpha value is -0.870. The third-order valence-corrected chi connectivity index (χ3v) is 4.36. The Morgan fingerprint density at radius 1 is 1.28 bits per heavy atom. The van der Waals surface area contributed by atoms with E-state index in [0.717, 1.165) is 37.6 Å². The average molecular weight is 267 g/mol. The Labute approximate surface area is 113 Å². The summed E-state index contributed by atoms with van der Waals surface area (Å²) in [4.78, 5) is 1.19. The van der Waals surface area contributed by atoms with Crippen molar-refractivity contribution in [3.63, 3.8) is 0 Å². The van der Waals surface area contributed by atoms with Gasteiger partial charge in [-0.1, -0.05) is 13.8 Å². The van der Waals surface area contributed by atoms with Crippen molar-refractivity contribution in [1.29, 1.82) is 0 Å². The molecule has 2 atom stereocenters. The van der Waals surface area contributed by atoms with Gasteiger partial charge in [-0.3, -0.25) is 0 Å². The number of ether oxygens (including phenoxy) is 2. The minimum absolute atomic E-state index is 0.228. The predicted octanol–water partition coefficient (Wildman–Crippen LogP) is 3.07. The summed E-state index contributed by atoms with van der Waals surface area (Å²) < 4.78 is 11.3. The smallest absolute Gasteiger partial charge is 0.162 e. The molecule has 1 aliphatic heterocycles. The lowest BCUT2D eigenvalue weighted by molar-refractivity contribution is 0.297. The Bertz CT molecular complexity index is 397. The SMILES string of the molecule is CCC(N)C(C)Sc1ccc2c(c1)OCCCO2. The van der Waals surface area contributed by atoms with Crippen LogP contribution in [-0.4, -0.2) is 24.5 Å². The first-order valence-corrected chi connectivity index (χ1v) is 7.40. The van der Waals surface area contributed by atoms with Crippen LogP contribution >= 0.6 is 11.8 Å². The van der Waals surface area contributed by atoms with Crippen molar-refractivity contribution in [2.24, 2.45) is 5.73 Å². The summed E-state index contributed by atoms with van der Waals surface area (Å²) in [5, 5.41) is 0.403. The molecule has 0 radical (unpaired) electrons. The van der Waals surface area contributed by atoms with Crippen LogP contribution in [0.2, 0.25) is 0 Å². The summed E-state index contributed by atoms with van der Waals surface area (Å²) in [6.07, 6.45) is 1.94. The minimum atomic E-state index is 0.228. The molecule has 0 fully saturated rings.